The zero-order chi connectivity index (χ0) is 27.9. The topological polar surface area (TPSA) is 91.9 Å². The monoisotopic (exact) mass is 573 g/mol. The molecule has 0 N–H and O–H groups in total. The highest BCUT2D eigenvalue weighted by atomic mass is 35.5. The van der Waals surface area contributed by atoms with Crippen molar-refractivity contribution in [2.45, 2.75) is 18.2 Å². The predicted octanol–water partition coefficient (Wildman–Crippen LogP) is 6.05. The number of ether oxygens (including phenoxy) is 1. The van der Waals surface area contributed by atoms with E-state index < -0.39 is 16.2 Å². The van der Waals surface area contributed by atoms with Gasteiger partial charge in [0.25, 0.3) is 0 Å². The van der Waals surface area contributed by atoms with Crippen LogP contribution < -0.4 is 4.74 Å². The van der Waals surface area contributed by atoms with Gasteiger partial charge in [0.15, 0.2) is 9.84 Å². The van der Waals surface area contributed by atoms with Crippen LogP contribution >= 0.6 is 11.6 Å². The van der Waals surface area contributed by atoms with Crippen LogP contribution in [0.2, 0.25) is 5.02 Å². The molecule has 0 atom stereocenters. The van der Waals surface area contributed by atoms with Crippen LogP contribution in [0, 0.1) is 6.92 Å². The molecule has 0 aliphatic carbocycles. The molecule has 0 fully saturated rings. The van der Waals surface area contributed by atoms with E-state index in [1.165, 1.54) is 41.2 Å². The van der Waals surface area contributed by atoms with Gasteiger partial charge in [0.1, 0.15) is 5.75 Å². The second-order valence-corrected chi connectivity index (χ2v) is 11.1. The van der Waals surface area contributed by atoms with Gasteiger partial charge in [0.2, 0.25) is 0 Å². The van der Waals surface area contributed by atoms with Gasteiger partial charge in [-0.05, 0) is 66.6 Å². The van der Waals surface area contributed by atoms with Crippen molar-refractivity contribution in [1.29, 1.82) is 0 Å². The molecule has 0 spiro atoms. The molecular formula is C26H19ClF3N5O3S. The van der Waals surface area contributed by atoms with Crippen molar-refractivity contribution in [2.24, 2.45) is 0 Å². The van der Waals surface area contributed by atoms with E-state index in [0.29, 0.717) is 38.8 Å². The molecule has 0 radical (unpaired) electrons. The molecule has 13 heteroatoms. The lowest BCUT2D eigenvalue weighted by Gasteiger charge is -2.17. The lowest BCUT2D eigenvalue weighted by atomic mass is 10.0. The molecule has 0 bridgehead atoms. The number of imidazole rings is 1. The van der Waals surface area contributed by atoms with Crippen molar-refractivity contribution in [3.8, 4) is 39.5 Å². The SMILES string of the molecule is Cc1cn(-c2c(Cl)cc(-c3cccc(S(C)(=O)=O)c3)cc2-n2nncc2-c2ccc(OC(F)(F)F)cc2)cn1. The van der Waals surface area contributed by atoms with Crippen LogP contribution in [0.4, 0.5) is 13.2 Å². The van der Waals surface area contributed by atoms with Crippen LogP contribution in [0.3, 0.4) is 0 Å². The number of sulfone groups is 1. The number of hydrogen-bond donors (Lipinski definition) is 0. The van der Waals surface area contributed by atoms with Crippen molar-refractivity contribution in [2.75, 3.05) is 6.26 Å². The minimum absolute atomic E-state index is 0.148. The average molecular weight is 574 g/mol. The van der Waals surface area contributed by atoms with Crippen LogP contribution in [0.5, 0.6) is 5.75 Å². The summed E-state index contributed by atoms with van der Waals surface area (Å²) in [4.78, 5) is 4.43. The second-order valence-electron chi connectivity index (χ2n) is 8.65. The van der Waals surface area contributed by atoms with Crippen molar-refractivity contribution >= 4 is 21.4 Å². The predicted molar refractivity (Wildman–Crippen MR) is 139 cm³/mol. The standard InChI is InChI=1S/C26H19ClF3N5O3S/c1-16-14-34(15-31-16)25-22(27)11-19(18-4-3-5-21(10-18)39(2,36)37)12-23(25)35-24(13-32-33-35)17-6-8-20(9-7-17)38-26(28,29)30/h3-15H,1-2H3. The minimum atomic E-state index is -4.81. The first-order chi connectivity index (χ1) is 18.4. The number of nitrogens with zero attached hydrogens (tertiary/aromatic N) is 5. The largest absolute Gasteiger partial charge is 0.573 e. The number of alkyl halides is 3. The number of rotatable bonds is 6. The van der Waals surface area contributed by atoms with Crippen LogP contribution in [0.15, 0.2) is 84.3 Å². The van der Waals surface area contributed by atoms with E-state index in [4.69, 9.17) is 11.6 Å². The van der Waals surface area contributed by atoms with E-state index in [2.05, 4.69) is 20.0 Å². The van der Waals surface area contributed by atoms with Crippen LogP contribution in [0.1, 0.15) is 5.69 Å². The maximum Gasteiger partial charge on any atom is 0.573 e. The van der Waals surface area contributed by atoms with Gasteiger partial charge in [-0.3, -0.25) is 0 Å². The van der Waals surface area contributed by atoms with Crippen LogP contribution in [-0.2, 0) is 9.84 Å². The smallest absolute Gasteiger partial charge is 0.406 e. The fourth-order valence-electron chi connectivity index (χ4n) is 4.06. The quantitative estimate of drug-likeness (QED) is 0.245. The molecule has 0 amide bonds. The second kappa shape index (κ2) is 9.86. The van der Waals surface area contributed by atoms with Crippen molar-refractivity contribution in [3.63, 3.8) is 0 Å². The van der Waals surface area contributed by atoms with Gasteiger partial charge < -0.3 is 9.30 Å². The van der Waals surface area contributed by atoms with E-state index in [-0.39, 0.29) is 10.6 Å². The normalized spacial score (nSPS) is 12.1. The summed E-state index contributed by atoms with van der Waals surface area (Å²) in [7, 11) is -3.46. The first kappa shape index (κ1) is 26.4. The first-order valence-corrected chi connectivity index (χ1v) is 13.6. The van der Waals surface area contributed by atoms with Crippen molar-refractivity contribution < 1.29 is 26.3 Å². The lowest BCUT2D eigenvalue weighted by molar-refractivity contribution is -0.274. The summed E-state index contributed by atoms with van der Waals surface area (Å²) in [5.74, 6) is -0.365. The molecule has 200 valence electrons. The number of hydrogen-bond acceptors (Lipinski definition) is 6. The Bertz CT molecular complexity index is 1780. The summed E-state index contributed by atoms with van der Waals surface area (Å²) in [6, 6.07) is 15.2. The Labute approximate surface area is 226 Å². The Hall–Kier alpha value is -4.16. The molecule has 5 aromatic rings. The molecule has 39 heavy (non-hydrogen) atoms. The number of halogens is 4. The zero-order valence-electron chi connectivity index (χ0n) is 20.4. The average Bonchev–Trinajstić information content (AvgIpc) is 3.52. The van der Waals surface area contributed by atoms with E-state index in [9.17, 15) is 21.6 Å². The molecule has 5 rings (SSSR count). The van der Waals surface area contributed by atoms with Crippen LogP contribution in [0.25, 0.3) is 33.8 Å². The van der Waals surface area contributed by atoms with E-state index in [1.807, 2.05) is 6.92 Å². The number of benzene rings is 3. The van der Waals surface area contributed by atoms with Gasteiger partial charge in [-0.15, -0.1) is 18.3 Å². The molecule has 0 unspecified atom stereocenters. The fraction of sp³-hybridized carbons (Fsp3) is 0.115. The molecule has 0 aliphatic heterocycles. The maximum atomic E-state index is 12.6. The highest BCUT2D eigenvalue weighted by Gasteiger charge is 2.31. The molecule has 3 aromatic carbocycles. The Morgan fingerprint density at radius 1 is 0.974 bits per heavy atom. The van der Waals surface area contributed by atoms with E-state index >= 15 is 0 Å². The van der Waals surface area contributed by atoms with Gasteiger partial charge in [0.05, 0.1) is 45.2 Å². The third-order valence-corrected chi connectivity index (χ3v) is 7.17. The molecule has 8 nitrogen and oxygen atoms in total. The lowest BCUT2D eigenvalue weighted by Crippen LogP contribution is -2.16. The highest BCUT2D eigenvalue weighted by molar-refractivity contribution is 7.90. The van der Waals surface area contributed by atoms with Gasteiger partial charge in [0, 0.05) is 18.0 Å². The molecule has 0 aliphatic rings. The Kier molecular flexibility index (Phi) is 6.69. The van der Waals surface area contributed by atoms with Gasteiger partial charge >= 0.3 is 6.36 Å². The molecule has 0 saturated heterocycles. The number of aryl methyl sites for hydroxylation is 1. The van der Waals surface area contributed by atoms with Crippen molar-refractivity contribution in [3.05, 3.63) is 90.1 Å². The summed E-state index contributed by atoms with van der Waals surface area (Å²) in [6.45, 7) is 1.82. The summed E-state index contributed by atoms with van der Waals surface area (Å²) < 4.78 is 69.3. The third kappa shape index (κ3) is 5.66. The number of aromatic nitrogens is 5. The third-order valence-electron chi connectivity index (χ3n) is 5.77. The van der Waals surface area contributed by atoms with Gasteiger partial charge in [-0.2, -0.15) is 0 Å². The zero-order valence-corrected chi connectivity index (χ0v) is 22.0. The fourth-order valence-corrected chi connectivity index (χ4v) is 5.03. The summed E-state index contributed by atoms with van der Waals surface area (Å²) in [5, 5.41) is 8.59. The molecular weight excluding hydrogens is 555 g/mol. The van der Waals surface area contributed by atoms with Crippen molar-refractivity contribution in [1.82, 2.24) is 24.5 Å². The maximum absolute atomic E-state index is 12.6. The van der Waals surface area contributed by atoms with Gasteiger partial charge in [-0.1, -0.05) is 28.9 Å². The van der Waals surface area contributed by atoms with E-state index in [1.54, 1.807) is 47.4 Å². The Balaban J connectivity index is 1.68. The summed E-state index contributed by atoms with van der Waals surface area (Å²) in [6.07, 6.45) is 1.14. The minimum Gasteiger partial charge on any atom is -0.406 e. The van der Waals surface area contributed by atoms with Crippen LogP contribution in [-0.4, -0.2) is 45.6 Å². The molecule has 2 aromatic heterocycles. The van der Waals surface area contributed by atoms with Gasteiger partial charge in [-0.25, -0.2) is 18.1 Å². The summed E-state index contributed by atoms with van der Waals surface area (Å²) >= 11 is 6.80. The highest BCUT2D eigenvalue weighted by Crippen LogP contribution is 2.36. The molecule has 0 saturated carbocycles. The Morgan fingerprint density at radius 2 is 1.72 bits per heavy atom. The first-order valence-electron chi connectivity index (χ1n) is 11.3. The summed E-state index contributed by atoms with van der Waals surface area (Å²) in [5.41, 5.74) is 3.92. The van der Waals surface area contributed by atoms with E-state index in [0.717, 1.165) is 11.9 Å². The molecule has 2 heterocycles. The Morgan fingerprint density at radius 3 is 2.36 bits per heavy atom.